The van der Waals surface area contributed by atoms with Crippen LogP contribution < -0.4 is 9.47 Å². The highest BCUT2D eigenvalue weighted by Gasteiger charge is 2.21. The number of benzene rings is 2. The first-order valence-corrected chi connectivity index (χ1v) is 8.41. The van der Waals surface area contributed by atoms with Crippen molar-refractivity contribution in [2.75, 3.05) is 13.1 Å². The average molecular weight is 325 g/mol. The standard InChI is InChI=1S/C20H23NO3/c1-15-3-5-17(6-4-15)23-18-7-9-19(10-8-18)24-20(22)21-13-11-16(2)12-14-21/h3-10,16H,11-14H2,1-2H3. The predicted molar refractivity (Wildman–Crippen MR) is 93.7 cm³/mol. The maximum Gasteiger partial charge on any atom is 0.415 e. The molecule has 0 bridgehead atoms. The lowest BCUT2D eigenvalue weighted by molar-refractivity contribution is 0.133. The van der Waals surface area contributed by atoms with Gasteiger partial charge in [-0.25, -0.2) is 4.79 Å². The Balaban J connectivity index is 1.56. The van der Waals surface area contributed by atoms with Gasteiger partial charge in [0.05, 0.1) is 0 Å². The molecule has 2 aromatic rings. The molecule has 0 spiro atoms. The Bertz CT molecular complexity index is 671. The molecule has 24 heavy (non-hydrogen) atoms. The summed E-state index contributed by atoms with van der Waals surface area (Å²) in [6.45, 7) is 5.80. The van der Waals surface area contributed by atoms with Crippen molar-refractivity contribution in [1.82, 2.24) is 4.90 Å². The lowest BCUT2D eigenvalue weighted by Crippen LogP contribution is -2.39. The van der Waals surface area contributed by atoms with Gasteiger partial charge in [-0.05, 0) is 62.1 Å². The molecule has 0 unspecified atom stereocenters. The predicted octanol–water partition coefficient (Wildman–Crippen LogP) is 5.02. The summed E-state index contributed by atoms with van der Waals surface area (Å²) < 4.78 is 11.2. The molecular formula is C20H23NO3. The lowest BCUT2D eigenvalue weighted by atomic mass is 10.00. The van der Waals surface area contributed by atoms with E-state index in [0.717, 1.165) is 31.7 Å². The van der Waals surface area contributed by atoms with Crippen molar-refractivity contribution in [3.05, 3.63) is 54.1 Å². The van der Waals surface area contributed by atoms with E-state index in [0.29, 0.717) is 17.4 Å². The summed E-state index contributed by atoms with van der Waals surface area (Å²) in [6, 6.07) is 15.0. The van der Waals surface area contributed by atoms with Gasteiger partial charge in [0.1, 0.15) is 17.2 Å². The molecule has 3 rings (SSSR count). The highest BCUT2D eigenvalue weighted by atomic mass is 16.6. The molecule has 0 atom stereocenters. The van der Waals surface area contributed by atoms with Gasteiger partial charge in [0.25, 0.3) is 0 Å². The molecule has 4 heteroatoms. The minimum atomic E-state index is -0.269. The maximum absolute atomic E-state index is 12.2. The molecule has 1 heterocycles. The first-order valence-electron chi connectivity index (χ1n) is 8.41. The lowest BCUT2D eigenvalue weighted by Gasteiger charge is -2.29. The molecule has 1 aliphatic heterocycles. The van der Waals surface area contributed by atoms with E-state index in [4.69, 9.17) is 9.47 Å². The number of hydrogen-bond acceptors (Lipinski definition) is 3. The number of carbonyl (C=O) groups excluding carboxylic acids is 1. The summed E-state index contributed by atoms with van der Waals surface area (Å²) in [6.07, 6.45) is 1.81. The zero-order valence-electron chi connectivity index (χ0n) is 14.2. The van der Waals surface area contributed by atoms with Crippen LogP contribution >= 0.6 is 0 Å². The molecule has 2 aromatic carbocycles. The van der Waals surface area contributed by atoms with Gasteiger partial charge in [-0.2, -0.15) is 0 Å². The van der Waals surface area contributed by atoms with Crippen LogP contribution in [0.25, 0.3) is 0 Å². The molecule has 0 saturated carbocycles. The smallest absolute Gasteiger partial charge is 0.415 e. The second-order valence-electron chi connectivity index (χ2n) is 6.42. The minimum Gasteiger partial charge on any atom is -0.457 e. The van der Waals surface area contributed by atoms with E-state index < -0.39 is 0 Å². The van der Waals surface area contributed by atoms with E-state index in [1.807, 2.05) is 31.2 Å². The molecule has 1 saturated heterocycles. The van der Waals surface area contributed by atoms with Gasteiger partial charge in [-0.1, -0.05) is 24.6 Å². The number of rotatable bonds is 3. The van der Waals surface area contributed by atoms with E-state index >= 15 is 0 Å². The number of ether oxygens (including phenoxy) is 2. The fraction of sp³-hybridized carbons (Fsp3) is 0.350. The first-order chi connectivity index (χ1) is 11.6. The van der Waals surface area contributed by atoms with Crippen LogP contribution in [-0.2, 0) is 0 Å². The summed E-state index contributed by atoms with van der Waals surface area (Å²) in [5.74, 6) is 2.72. The van der Waals surface area contributed by atoms with Gasteiger partial charge in [0, 0.05) is 13.1 Å². The summed E-state index contributed by atoms with van der Waals surface area (Å²) >= 11 is 0. The Hall–Kier alpha value is -2.49. The Kier molecular flexibility index (Phi) is 5.04. The highest BCUT2D eigenvalue weighted by Crippen LogP contribution is 2.25. The van der Waals surface area contributed by atoms with Gasteiger partial charge in [-0.3, -0.25) is 0 Å². The Labute approximate surface area is 143 Å². The number of piperidine rings is 1. The first kappa shape index (κ1) is 16.4. The summed E-state index contributed by atoms with van der Waals surface area (Å²) in [5, 5.41) is 0. The van der Waals surface area contributed by atoms with E-state index in [2.05, 4.69) is 6.92 Å². The molecule has 0 aliphatic carbocycles. The number of likely N-dealkylation sites (tertiary alicyclic amines) is 1. The fourth-order valence-corrected chi connectivity index (χ4v) is 2.67. The van der Waals surface area contributed by atoms with Crippen LogP contribution in [0.15, 0.2) is 48.5 Å². The largest absolute Gasteiger partial charge is 0.457 e. The normalized spacial score (nSPS) is 15.2. The van der Waals surface area contributed by atoms with E-state index in [-0.39, 0.29) is 6.09 Å². The van der Waals surface area contributed by atoms with Crippen LogP contribution in [-0.4, -0.2) is 24.1 Å². The molecule has 4 nitrogen and oxygen atoms in total. The van der Waals surface area contributed by atoms with Crippen LogP contribution in [0, 0.1) is 12.8 Å². The number of amides is 1. The topological polar surface area (TPSA) is 38.8 Å². The van der Waals surface area contributed by atoms with Crippen LogP contribution in [0.3, 0.4) is 0 Å². The number of nitrogens with zero attached hydrogens (tertiary/aromatic N) is 1. The fourth-order valence-electron chi connectivity index (χ4n) is 2.67. The second-order valence-corrected chi connectivity index (χ2v) is 6.42. The molecule has 1 aliphatic rings. The van der Waals surface area contributed by atoms with Crippen LogP contribution in [0.5, 0.6) is 17.2 Å². The van der Waals surface area contributed by atoms with Gasteiger partial charge < -0.3 is 14.4 Å². The van der Waals surface area contributed by atoms with Gasteiger partial charge in [0.2, 0.25) is 0 Å². The van der Waals surface area contributed by atoms with Crippen molar-refractivity contribution in [3.8, 4) is 17.2 Å². The number of hydrogen-bond donors (Lipinski definition) is 0. The van der Waals surface area contributed by atoms with Crippen molar-refractivity contribution in [3.63, 3.8) is 0 Å². The summed E-state index contributed by atoms with van der Waals surface area (Å²) in [4.78, 5) is 13.9. The number of carbonyl (C=O) groups is 1. The van der Waals surface area contributed by atoms with Crippen molar-refractivity contribution in [2.24, 2.45) is 5.92 Å². The SMILES string of the molecule is Cc1ccc(Oc2ccc(OC(=O)N3CCC(C)CC3)cc2)cc1. The third-order valence-electron chi connectivity index (χ3n) is 4.33. The third kappa shape index (κ3) is 4.28. The van der Waals surface area contributed by atoms with Crippen LogP contribution in [0.1, 0.15) is 25.3 Å². The zero-order valence-corrected chi connectivity index (χ0v) is 14.2. The zero-order chi connectivity index (χ0) is 16.9. The molecule has 1 fully saturated rings. The molecule has 0 radical (unpaired) electrons. The highest BCUT2D eigenvalue weighted by molar-refractivity contribution is 5.70. The number of aryl methyl sites for hydroxylation is 1. The van der Waals surface area contributed by atoms with E-state index in [1.165, 1.54) is 5.56 Å². The van der Waals surface area contributed by atoms with E-state index in [9.17, 15) is 4.79 Å². The molecule has 126 valence electrons. The minimum absolute atomic E-state index is 0.269. The van der Waals surface area contributed by atoms with Crippen molar-refractivity contribution in [2.45, 2.75) is 26.7 Å². The molecule has 0 N–H and O–H groups in total. The Morgan fingerprint density at radius 2 is 1.42 bits per heavy atom. The average Bonchev–Trinajstić information content (AvgIpc) is 2.59. The molecule has 1 amide bonds. The molecule has 0 aromatic heterocycles. The van der Waals surface area contributed by atoms with Gasteiger partial charge >= 0.3 is 6.09 Å². The quantitative estimate of drug-likeness (QED) is 0.795. The van der Waals surface area contributed by atoms with Gasteiger partial charge in [-0.15, -0.1) is 0 Å². The summed E-state index contributed by atoms with van der Waals surface area (Å²) in [5.41, 5.74) is 1.19. The van der Waals surface area contributed by atoms with E-state index in [1.54, 1.807) is 29.2 Å². The monoisotopic (exact) mass is 325 g/mol. The Morgan fingerprint density at radius 1 is 0.917 bits per heavy atom. The molecular weight excluding hydrogens is 302 g/mol. The van der Waals surface area contributed by atoms with Crippen molar-refractivity contribution in [1.29, 1.82) is 0 Å². The van der Waals surface area contributed by atoms with Gasteiger partial charge in [0.15, 0.2) is 0 Å². The maximum atomic E-state index is 12.2. The van der Waals surface area contributed by atoms with Crippen molar-refractivity contribution >= 4 is 6.09 Å². The van der Waals surface area contributed by atoms with Crippen LogP contribution in [0.4, 0.5) is 4.79 Å². The Morgan fingerprint density at radius 3 is 2.00 bits per heavy atom. The third-order valence-corrected chi connectivity index (χ3v) is 4.33. The van der Waals surface area contributed by atoms with Crippen molar-refractivity contribution < 1.29 is 14.3 Å². The van der Waals surface area contributed by atoms with Crippen LogP contribution in [0.2, 0.25) is 0 Å². The second kappa shape index (κ2) is 7.39. The summed E-state index contributed by atoms with van der Waals surface area (Å²) in [7, 11) is 0.